The second-order valence-electron chi connectivity index (χ2n) is 4.56. The van der Waals surface area contributed by atoms with Crippen LogP contribution in [-0.4, -0.2) is 39.0 Å². The van der Waals surface area contributed by atoms with Crippen molar-refractivity contribution in [2.75, 3.05) is 20.3 Å². The van der Waals surface area contributed by atoms with Gasteiger partial charge in [-0.05, 0) is 29.9 Å². The largest absolute Gasteiger partial charge is 0.383 e. The van der Waals surface area contributed by atoms with E-state index in [9.17, 15) is 8.42 Å². The van der Waals surface area contributed by atoms with Gasteiger partial charge in [0.25, 0.3) is 10.0 Å². The first kappa shape index (κ1) is 17.6. The van der Waals surface area contributed by atoms with E-state index in [1.807, 2.05) is 13.8 Å². The van der Waals surface area contributed by atoms with E-state index in [4.69, 9.17) is 10.5 Å². The van der Waals surface area contributed by atoms with Crippen LogP contribution in [0.25, 0.3) is 0 Å². The first-order chi connectivity index (χ1) is 9.51. The molecule has 0 saturated carbocycles. The molecule has 0 aliphatic heterocycles. The summed E-state index contributed by atoms with van der Waals surface area (Å²) in [5.74, 6) is 0. The summed E-state index contributed by atoms with van der Waals surface area (Å²) in [6.07, 6.45) is 1.57. The number of methoxy groups -OCH3 is 1. The predicted molar refractivity (Wildman–Crippen MR) is 82.3 cm³/mol. The van der Waals surface area contributed by atoms with Crippen molar-refractivity contribution in [2.45, 2.75) is 43.5 Å². The number of rotatable bonds is 9. The summed E-state index contributed by atoms with van der Waals surface area (Å²) >= 11 is 1.23. The highest BCUT2D eigenvalue weighted by molar-refractivity contribution is 7.91. The summed E-state index contributed by atoms with van der Waals surface area (Å²) in [5.41, 5.74) is 6.40. The Labute approximate surface area is 125 Å². The molecule has 5 nitrogen and oxygen atoms in total. The quantitative estimate of drug-likeness (QED) is 0.755. The normalized spacial score (nSPS) is 12.5. The van der Waals surface area contributed by atoms with Gasteiger partial charge in [-0.1, -0.05) is 13.8 Å². The van der Waals surface area contributed by atoms with Crippen LogP contribution < -0.4 is 5.73 Å². The minimum absolute atomic E-state index is 0.00132. The zero-order valence-electron chi connectivity index (χ0n) is 12.3. The van der Waals surface area contributed by atoms with E-state index in [2.05, 4.69) is 0 Å². The Kier molecular flexibility index (Phi) is 7.11. The lowest BCUT2D eigenvalue weighted by Crippen LogP contribution is -2.41. The van der Waals surface area contributed by atoms with Gasteiger partial charge in [-0.15, -0.1) is 11.3 Å². The lowest BCUT2D eigenvalue weighted by molar-refractivity contribution is 0.163. The van der Waals surface area contributed by atoms with E-state index in [1.165, 1.54) is 11.3 Å². The third-order valence-electron chi connectivity index (χ3n) is 3.29. The van der Waals surface area contributed by atoms with Gasteiger partial charge in [-0.2, -0.15) is 4.31 Å². The molecule has 0 saturated heterocycles. The lowest BCUT2D eigenvalue weighted by Gasteiger charge is -2.28. The second kappa shape index (κ2) is 8.09. The number of ether oxygens (including phenoxy) is 1. The highest BCUT2D eigenvalue weighted by Gasteiger charge is 2.30. The molecule has 0 atom stereocenters. The Balaban J connectivity index is 3.08. The fraction of sp³-hybridized carbons (Fsp3) is 0.692. The molecule has 0 spiro atoms. The molecule has 0 aliphatic carbocycles. The predicted octanol–water partition coefficient (Wildman–Crippen LogP) is 2.03. The Morgan fingerprint density at radius 3 is 2.50 bits per heavy atom. The molecule has 20 heavy (non-hydrogen) atoms. The maximum atomic E-state index is 12.8. The zero-order valence-corrected chi connectivity index (χ0v) is 14.0. The molecular formula is C13H24N2O3S2. The van der Waals surface area contributed by atoms with Crippen molar-refractivity contribution in [3.05, 3.63) is 17.0 Å². The molecule has 116 valence electrons. The van der Waals surface area contributed by atoms with Crippen LogP contribution in [0.2, 0.25) is 0 Å². The van der Waals surface area contributed by atoms with Gasteiger partial charge in [0, 0.05) is 26.2 Å². The number of nitrogens with two attached hydrogens (primary N) is 1. The first-order valence-electron chi connectivity index (χ1n) is 6.79. The van der Waals surface area contributed by atoms with E-state index < -0.39 is 10.0 Å². The van der Waals surface area contributed by atoms with Crippen molar-refractivity contribution in [1.82, 2.24) is 4.31 Å². The molecule has 0 amide bonds. The van der Waals surface area contributed by atoms with Gasteiger partial charge in [0.2, 0.25) is 0 Å². The van der Waals surface area contributed by atoms with Gasteiger partial charge in [-0.25, -0.2) is 8.42 Å². The van der Waals surface area contributed by atoms with E-state index in [1.54, 1.807) is 22.9 Å². The van der Waals surface area contributed by atoms with Crippen molar-refractivity contribution in [2.24, 2.45) is 5.73 Å². The smallest absolute Gasteiger partial charge is 0.252 e. The van der Waals surface area contributed by atoms with E-state index >= 15 is 0 Å². The Bertz CT molecular complexity index is 495. The number of sulfonamides is 1. The van der Waals surface area contributed by atoms with Gasteiger partial charge in [0.1, 0.15) is 4.21 Å². The number of hydrogen-bond donors (Lipinski definition) is 1. The SMILES string of the molecule is CCC(CC)N(CCOC)S(=O)(=O)c1cc(CN)cs1. The molecule has 0 aromatic carbocycles. The van der Waals surface area contributed by atoms with E-state index in [0.29, 0.717) is 23.9 Å². The number of nitrogens with zero attached hydrogens (tertiary/aromatic N) is 1. The third-order valence-corrected chi connectivity index (χ3v) is 6.71. The van der Waals surface area contributed by atoms with Gasteiger partial charge in [0.05, 0.1) is 6.61 Å². The van der Waals surface area contributed by atoms with Crippen LogP contribution in [-0.2, 0) is 21.3 Å². The number of thiophene rings is 1. The van der Waals surface area contributed by atoms with Crippen molar-refractivity contribution in [3.8, 4) is 0 Å². The second-order valence-corrected chi connectivity index (χ2v) is 7.59. The molecule has 0 aliphatic rings. The highest BCUT2D eigenvalue weighted by atomic mass is 32.2. The molecule has 1 heterocycles. The Hall–Kier alpha value is -0.470. The lowest BCUT2D eigenvalue weighted by atomic mass is 10.2. The summed E-state index contributed by atoms with van der Waals surface area (Å²) in [4.78, 5) is 0. The summed E-state index contributed by atoms with van der Waals surface area (Å²) < 4.78 is 32.5. The molecule has 0 fully saturated rings. The average Bonchev–Trinajstić information content (AvgIpc) is 2.93. The first-order valence-corrected chi connectivity index (χ1v) is 9.11. The maximum absolute atomic E-state index is 12.8. The minimum Gasteiger partial charge on any atom is -0.383 e. The molecule has 0 bridgehead atoms. The Morgan fingerprint density at radius 1 is 1.40 bits per heavy atom. The number of hydrogen-bond acceptors (Lipinski definition) is 5. The van der Waals surface area contributed by atoms with Crippen LogP contribution in [0.3, 0.4) is 0 Å². The monoisotopic (exact) mass is 320 g/mol. The molecule has 1 rings (SSSR count). The van der Waals surface area contributed by atoms with Crippen molar-refractivity contribution >= 4 is 21.4 Å². The Morgan fingerprint density at radius 2 is 2.05 bits per heavy atom. The summed E-state index contributed by atoms with van der Waals surface area (Å²) in [6, 6.07) is 1.67. The van der Waals surface area contributed by atoms with Crippen LogP contribution in [0.1, 0.15) is 32.3 Å². The fourth-order valence-electron chi connectivity index (χ4n) is 2.09. The zero-order chi connectivity index (χ0) is 15.2. The third kappa shape index (κ3) is 4.02. The van der Waals surface area contributed by atoms with Crippen LogP contribution in [0.5, 0.6) is 0 Å². The molecule has 1 aromatic heterocycles. The fourth-order valence-corrected chi connectivity index (χ4v) is 5.19. The molecule has 1 aromatic rings. The van der Waals surface area contributed by atoms with Gasteiger partial charge in [-0.3, -0.25) is 0 Å². The van der Waals surface area contributed by atoms with Crippen molar-refractivity contribution < 1.29 is 13.2 Å². The van der Waals surface area contributed by atoms with Crippen LogP contribution in [0.15, 0.2) is 15.7 Å². The van der Waals surface area contributed by atoms with Crippen molar-refractivity contribution in [3.63, 3.8) is 0 Å². The molecule has 2 N–H and O–H groups in total. The summed E-state index contributed by atoms with van der Waals surface area (Å²) in [7, 11) is -1.89. The minimum atomic E-state index is -3.47. The molecule has 0 radical (unpaired) electrons. The maximum Gasteiger partial charge on any atom is 0.252 e. The van der Waals surface area contributed by atoms with Crippen LogP contribution in [0.4, 0.5) is 0 Å². The van der Waals surface area contributed by atoms with E-state index in [-0.39, 0.29) is 6.04 Å². The standard InChI is InChI=1S/C13H24N2O3S2/c1-4-12(5-2)15(6-7-18-3)20(16,17)13-8-11(9-14)10-19-13/h8,10,12H,4-7,9,14H2,1-3H3. The molecule has 0 unspecified atom stereocenters. The van der Waals surface area contributed by atoms with Gasteiger partial charge in [0.15, 0.2) is 0 Å². The van der Waals surface area contributed by atoms with Crippen LogP contribution in [0, 0.1) is 0 Å². The average molecular weight is 320 g/mol. The van der Waals surface area contributed by atoms with Crippen LogP contribution >= 0.6 is 11.3 Å². The summed E-state index contributed by atoms with van der Waals surface area (Å²) in [6.45, 7) is 5.13. The van der Waals surface area contributed by atoms with E-state index in [0.717, 1.165) is 18.4 Å². The molecule has 7 heteroatoms. The molecular weight excluding hydrogens is 296 g/mol. The van der Waals surface area contributed by atoms with Gasteiger partial charge >= 0.3 is 0 Å². The van der Waals surface area contributed by atoms with Crippen molar-refractivity contribution in [1.29, 1.82) is 0 Å². The van der Waals surface area contributed by atoms with Gasteiger partial charge < -0.3 is 10.5 Å². The summed E-state index contributed by atoms with van der Waals surface area (Å²) in [5, 5.41) is 1.80. The highest BCUT2D eigenvalue weighted by Crippen LogP contribution is 2.26. The topological polar surface area (TPSA) is 72.6 Å².